The third kappa shape index (κ3) is 4.92. The average molecular weight is 345 g/mol. The van der Waals surface area contributed by atoms with Gasteiger partial charge in [-0.25, -0.2) is 12.7 Å². The molecule has 1 aliphatic heterocycles. The van der Waals surface area contributed by atoms with Crippen molar-refractivity contribution in [3.63, 3.8) is 0 Å². The molecule has 2 aliphatic rings. The standard InChI is InChI=1S/C17H32N2O3S/c1-3-16(14-8-6-5-7-9-14)18-17(20)15-10-12-19(13-11-15)23(21,22)4-2/h14-16H,3-13H2,1-2H3,(H,18,20)/t16-/m1/s1. The number of hydrogen-bond acceptors (Lipinski definition) is 3. The summed E-state index contributed by atoms with van der Waals surface area (Å²) in [6.45, 7) is 4.78. The fourth-order valence-electron chi connectivity index (χ4n) is 3.97. The zero-order chi connectivity index (χ0) is 16.9. The summed E-state index contributed by atoms with van der Waals surface area (Å²) in [5.74, 6) is 0.869. The molecule has 134 valence electrons. The first kappa shape index (κ1) is 18.7. The highest BCUT2D eigenvalue weighted by atomic mass is 32.2. The normalized spacial score (nSPS) is 23.6. The van der Waals surface area contributed by atoms with E-state index in [1.807, 2.05) is 0 Å². The summed E-state index contributed by atoms with van der Waals surface area (Å²) in [4.78, 5) is 12.6. The Labute approximate surface area is 141 Å². The Balaban J connectivity index is 1.84. The van der Waals surface area contributed by atoms with Crippen LogP contribution in [0.1, 0.15) is 65.2 Å². The number of nitrogens with one attached hydrogen (secondary N) is 1. The van der Waals surface area contributed by atoms with Gasteiger partial charge in [-0.3, -0.25) is 4.79 Å². The molecule has 0 aromatic carbocycles. The lowest BCUT2D eigenvalue weighted by Gasteiger charge is -2.34. The van der Waals surface area contributed by atoms with Gasteiger partial charge in [0.15, 0.2) is 0 Å². The average Bonchev–Trinajstić information content (AvgIpc) is 2.60. The Kier molecular flexibility index (Phi) is 6.89. The fourth-order valence-corrected chi connectivity index (χ4v) is 5.10. The zero-order valence-electron chi connectivity index (χ0n) is 14.6. The molecule has 5 nitrogen and oxygen atoms in total. The van der Waals surface area contributed by atoms with E-state index in [1.165, 1.54) is 36.4 Å². The van der Waals surface area contributed by atoms with Gasteiger partial charge in [0.05, 0.1) is 5.75 Å². The number of sulfonamides is 1. The maximum atomic E-state index is 12.6. The van der Waals surface area contributed by atoms with E-state index in [1.54, 1.807) is 6.92 Å². The Bertz CT molecular complexity index is 478. The fraction of sp³-hybridized carbons (Fsp3) is 0.941. The van der Waals surface area contributed by atoms with Gasteiger partial charge >= 0.3 is 0 Å². The van der Waals surface area contributed by atoms with Crippen molar-refractivity contribution in [2.45, 2.75) is 71.3 Å². The second-order valence-corrected chi connectivity index (χ2v) is 9.25. The molecule has 1 aliphatic carbocycles. The van der Waals surface area contributed by atoms with Crippen LogP contribution in [0.3, 0.4) is 0 Å². The number of hydrogen-bond donors (Lipinski definition) is 1. The van der Waals surface area contributed by atoms with Crippen LogP contribution in [0.25, 0.3) is 0 Å². The van der Waals surface area contributed by atoms with Crippen LogP contribution in [0, 0.1) is 11.8 Å². The van der Waals surface area contributed by atoms with Gasteiger partial charge in [0.2, 0.25) is 15.9 Å². The van der Waals surface area contributed by atoms with E-state index < -0.39 is 10.0 Å². The van der Waals surface area contributed by atoms with Crippen molar-refractivity contribution in [2.24, 2.45) is 11.8 Å². The summed E-state index contributed by atoms with van der Waals surface area (Å²) in [7, 11) is -3.11. The molecule has 1 saturated carbocycles. The molecule has 0 bridgehead atoms. The first-order valence-corrected chi connectivity index (χ1v) is 10.9. The maximum Gasteiger partial charge on any atom is 0.223 e. The number of carbonyl (C=O) groups excluding carboxylic acids is 1. The van der Waals surface area contributed by atoms with Crippen LogP contribution >= 0.6 is 0 Å². The molecule has 1 heterocycles. The van der Waals surface area contributed by atoms with Gasteiger partial charge in [-0.05, 0) is 44.9 Å². The molecule has 0 unspecified atom stereocenters. The molecule has 1 N–H and O–H groups in total. The van der Waals surface area contributed by atoms with Gasteiger partial charge in [0.25, 0.3) is 0 Å². The van der Waals surface area contributed by atoms with Crippen LogP contribution in [-0.2, 0) is 14.8 Å². The molecule has 1 amide bonds. The third-order valence-electron chi connectivity index (χ3n) is 5.57. The van der Waals surface area contributed by atoms with Crippen LogP contribution in [0.2, 0.25) is 0 Å². The molecule has 1 saturated heterocycles. The van der Waals surface area contributed by atoms with E-state index in [0.717, 1.165) is 6.42 Å². The summed E-state index contributed by atoms with van der Waals surface area (Å²) in [6.07, 6.45) is 8.62. The minimum absolute atomic E-state index is 0.0315. The van der Waals surface area contributed by atoms with Crippen molar-refractivity contribution in [1.82, 2.24) is 9.62 Å². The van der Waals surface area contributed by atoms with E-state index in [4.69, 9.17) is 0 Å². The highest BCUT2D eigenvalue weighted by Crippen LogP contribution is 2.28. The van der Waals surface area contributed by atoms with Crippen molar-refractivity contribution >= 4 is 15.9 Å². The van der Waals surface area contributed by atoms with Crippen LogP contribution in [0.4, 0.5) is 0 Å². The Morgan fingerprint density at radius 3 is 2.22 bits per heavy atom. The minimum atomic E-state index is -3.11. The molecule has 2 fully saturated rings. The quantitative estimate of drug-likeness (QED) is 0.805. The first-order valence-electron chi connectivity index (χ1n) is 9.26. The van der Waals surface area contributed by atoms with Gasteiger partial charge in [-0.2, -0.15) is 0 Å². The summed E-state index contributed by atoms with van der Waals surface area (Å²) >= 11 is 0. The Hall–Kier alpha value is -0.620. The van der Waals surface area contributed by atoms with Crippen molar-refractivity contribution < 1.29 is 13.2 Å². The lowest BCUT2D eigenvalue weighted by molar-refractivity contribution is -0.127. The van der Waals surface area contributed by atoms with E-state index in [-0.39, 0.29) is 17.6 Å². The molecule has 23 heavy (non-hydrogen) atoms. The summed E-state index contributed by atoms with van der Waals surface area (Å²) in [5.41, 5.74) is 0. The summed E-state index contributed by atoms with van der Waals surface area (Å²) < 4.78 is 25.3. The van der Waals surface area contributed by atoms with E-state index in [9.17, 15) is 13.2 Å². The number of amides is 1. The van der Waals surface area contributed by atoms with Crippen LogP contribution in [0.15, 0.2) is 0 Å². The monoisotopic (exact) mass is 344 g/mol. The van der Waals surface area contributed by atoms with Crippen LogP contribution < -0.4 is 5.32 Å². The SMILES string of the molecule is CC[C@@H](NC(=O)C1CCN(S(=O)(=O)CC)CC1)C1CCCCC1. The third-order valence-corrected chi connectivity index (χ3v) is 7.45. The van der Waals surface area contributed by atoms with Crippen molar-refractivity contribution in [3.8, 4) is 0 Å². The molecular weight excluding hydrogens is 312 g/mol. The highest BCUT2D eigenvalue weighted by Gasteiger charge is 2.32. The van der Waals surface area contributed by atoms with Crippen molar-refractivity contribution in [3.05, 3.63) is 0 Å². The Morgan fingerprint density at radius 1 is 1.09 bits per heavy atom. The molecule has 6 heteroatoms. The largest absolute Gasteiger partial charge is 0.353 e. The van der Waals surface area contributed by atoms with Crippen molar-refractivity contribution in [1.29, 1.82) is 0 Å². The molecule has 2 rings (SSSR count). The van der Waals surface area contributed by atoms with Gasteiger partial charge in [-0.1, -0.05) is 26.2 Å². The number of piperidine rings is 1. The molecule has 0 aromatic rings. The topological polar surface area (TPSA) is 66.5 Å². The minimum Gasteiger partial charge on any atom is -0.353 e. The van der Waals surface area contributed by atoms with Gasteiger partial charge in [0.1, 0.15) is 0 Å². The van der Waals surface area contributed by atoms with Crippen LogP contribution in [0.5, 0.6) is 0 Å². The maximum absolute atomic E-state index is 12.6. The molecule has 1 atom stereocenters. The van der Waals surface area contributed by atoms with Crippen molar-refractivity contribution in [2.75, 3.05) is 18.8 Å². The van der Waals surface area contributed by atoms with Gasteiger partial charge < -0.3 is 5.32 Å². The Morgan fingerprint density at radius 2 is 1.70 bits per heavy atom. The zero-order valence-corrected chi connectivity index (χ0v) is 15.4. The van der Waals surface area contributed by atoms with E-state index >= 15 is 0 Å². The smallest absolute Gasteiger partial charge is 0.223 e. The van der Waals surface area contributed by atoms with Gasteiger partial charge in [0, 0.05) is 25.0 Å². The predicted molar refractivity (Wildman–Crippen MR) is 92.6 cm³/mol. The lowest BCUT2D eigenvalue weighted by Crippen LogP contribution is -2.47. The second kappa shape index (κ2) is 8.47. The molecule has 0 spiro atoms. The van der Waals surface area contributed by atoms with E-state index in [2.05, 4.69) is 12.2 Å². The molecular formula is C17H32N2O3S. The first-order chi connectivity index (χ1) is 11.0. The molecule has 0 aromatic heterocycles. The molecule has 0 radical (unpaired) electrons. The predicted octanol–water partition coefficient (Wildman–Crippen LogP) is 2.52. The summed E-state index contributed by atoms with van der Waals surface area (Å²) in [6, 6.07) is 0.292. The van der Waals surface area contributed by atoms with Crippen LogP contribution in [-0.4, -0.2) is 43.5 Å². The second-order valence-electron chi connectivity index (χ2n) is 7.00. The number of nitrogens with zero attached hydrogens (tertiary/aromatic N) is 1. The summed E-state index contributed by atoms with van der Waals surface area (Å²) in [5, 5.41) is 3.27. The number of rotatable bonds is 6. The highest BCUT2D eigenvalue weighted by molar-refractivity contribution is 7.89. The number of carbonyl (C=O) groups is 1. The van der Waals surface area contributed by atoms with E-state index in [0.29, 0.717) is 37.9 Å². The lowest BCUT2D eigenvalue weighted by atomic mass is 9.82. The van der Waals surface area contributed by atoms with Gasteiger partial charge in [-0.15, -0.1) is 0 Å².